The number of rotatable bonds is 4. The van der Waals surface area contributed by atoms with Gasteiger partial charge in [-0.05, 0) is 30.2 Å². The summed E-state index contributed by atoms with van der Waals surface area (Å²) in [5.41, 5.74) is 6.33. The van der Waals surface area contributed by atoms with Gasteiger partial charge in [0, 0.05) is 10.5 Å². The van der Waals surface area contributed by atoms with Crippen LogP contribution >= 0.6 is 15.9 Å². The van der Waals surface area contributed by atoms with Crippen LogP contribution in [-0.2, 0) is 0 Å². The molecule has 0 fully saturated rings. The van der Waals surface area contributed by atoms with Crippen LogP contribution in [0.1, 0.15) is 18.0 Å². The Labute approximate surface area is 105 Å². The van der Waals surface area contributed by atoms with E-state index in [9.17, 15) is 13.2 Å². The lowest BCUT2D eigenvalue weighted by Crippen LogP contribution is -2.17. The smallest absolute Gasteiger partial charge is 0.406 e. The van der Waals surface area contributed by atoms with Gasteiger partial charge in [0.1, 0.15) is 5.75 Å². The van der Waals surface area contributed by atoms with E-state index >= 15 is 0 Å². The van der Waals surface area contributed by atoms with Crippen molar-refractivity contribution in [3.8, 4) is 5.75 Å². The molecule has 0 aromatic heterocycles. The summed E-state index contributed by atoms with van der Waals surface area (Å²) in [6.07, 6.45) is -2.63. The molecule has 0 saturated heterocycles. The third-order valence-electron chi connectivity index (χ3n) is 1.98. The Kier molecular flexibility index (Phi) is 4.59. The van der Waals surface area contributed by atoms with Crippen LogP contribution in [0, 0.1) is 0 Å². The molecule has 0 aliphatic carbocycles. The molecule has 1 aromatic carbocycles. The molecule has 0 unspecified atom stereocenters. The Bertz CT molecular complexity index is 406. The molecule has 0 radical (unpaired) electrons. The quantitative estimate of drug-likeness (QED) is 0.855. The highest BCUT2D eigenvalue weighted by molar-refractivity contribution is 9.10. The fraction of sp³-hybridized carbons (Fsp3) is 0.273. The molecular formula is C11H11BrF3NO. The predicted molar refractivity (Wildman–Crippen MR) is 62.6 cm³/mol. The summed E-state index contributed by atoms with van der Waals surface area (Å²) < 4.78 is 40.5. The van der Waals surface area contributed by atoms with Crippen molar-refractivity contribution >= 4 is 15.9 Å². The van der Waals surface area contributed by atoms with Gasteiger partial charge in [0.25, 0.3) is 0 Å². The minimum atomic E-state index is -4.71. The summed E-state index contributed by atoms with van der Waals surface area (Å²) in [6, 6.07) is 3.75. The van der Waals surface area contributed by atoms with Gasteiger partial charge in [-0.1, -0.05) is 22.0 Å². The van der Waals surface area contributed by atoms with Crippen LogP contribution in [0.5, 0.6) is 5.75 Å². The van der Waals surface area contributed by atoms with E-state index in [1.54, 1.807) is 12.1 Å². The van der Waals surface area contributed by atoms with Gasteiger partial charge in [0.2, 0.25) is 0 Å². The second-order valence-electron chi connectivity index (χ2n) is 3.40. The monoisotopic (exact) mass is 309 g/mol. The standard InChI is InChI=1S/C11H11BrF3NO/c1-2-3-10(16)7-4-8(12)6-9(5-7)17-11(13,14)15/h2,4-6,10H,1,3,16H2/t10-/m0/s1. The normalized spacial score (nSPS) is 13.2. The summed E-state index contributed by atoms with van der Waals surface area (Å²) in [6.45, 7) is 3.53. The third-order valence-corrected chi connectivity index (χ3v) is 2.43. The van der Waals surface area contributed by atoms with Crippen molar-refractivity contribution in [1.82, 2.24) is 0 Å². The Balaban J connectivity index is 2.97. The number of halogens is 4. The SMILES string of the molecule is C=CC[C@H](N)c1cc(Br)cc(OC(F)(F)F)c1. The van der Waals surface area contributed by atoms with Gasteiger partial charge in [-0.25, -0.2) is 0 Å². The van der Waals surface area contributed by atoms with Crippen LogP contribution in [0.4, 0.5) is 13.2 Å². The molecule has 6 heteroatoms. The molecule has 17 heavy (non-hydrogen) atoms. The zero-order valence-electron chi connectivity index (χ0n) is 8.80. The minimum absolute atomic E-state index is 0.290. The Morgan fingerprint density at radius 1 is 1.41 bits per heavy atom. The maximum absolute atomic E-state index is 12.1. The van der Waals surface area contributed by atoms with E-state index in [1.807, 2.05) is 0 Å². The largest absolute Gasteiger partial charge is 0.573 e. The van der Waals surface area contributed by atoms with Crippen LogP contribution in [-0.4, -0.2) is 6.36 Å². The summed E-state index contributed by atoms with van der Waals surface area (Å²) in [5, 5.41) is 0. The number of benzene rings is 1. The summed E-state index contributed by atoms with van der Waals surface area (Å²) in [7, 11) is 0. The highest BCUT2D eigenvalue weighted by atomic mass is 79.9. The van der Waals surface area contributed by atoms with Gasteiger partial charge < -0.3 is 10.5 Å². The lowest BCUT2D eigenvalue weighted by atomic mass is 10.0. The Morgan fingerprint density at radius 2 is 2.06 bits per heavy atom. The molecule has 0 spiro atoms. The van der Waals surface area contributed by atoms with Gasteiger partial charge in [0.05, 0.1) is 0 Å². The van der Waals surface area contributed by atoms with Gasteiger partial charge in [-0.15, -0.1) is 19.8 Å². The van der Waals surface area contributed by atoms with Crippen LogP contribution in [0.2, 0.25) is 0 Å². The van der Waals surface area contributed by atoms with Crippen molar-refractivity contribution in [3.05, 3.63) is 40.9 Å². The van der Waals surface area contributed by atoms with Gasteiger partial charge in [-0.2, -0.15) is 0 Å². The first-order valence-electron chi connectivity index (χ1n) is 4.74. The first kappa shape index (κ1) is 14.1. The second kappa shape index (κ2) is 5.55. The van der Waals surface area contributed by atoms with Gasteiger partial charge in [0.15, 0.2) is 0 Å². The van der Waals surface area contributed by atoms with Gasteiger partial charge in [-0.3, -0.25) is 0 Å². The van der Waals surface area contributed by atoms with Crippen molar-refractivity contribution in [2.24, 2.45) is 5.73 Å². The molecule has 94 valence electrons. The predicted octanol–water partition coefficient (Wildman–Crippen LogP) is 3.92. The number of hydrogen-bond acceptors (Lipinski definition) is 2. The summed E-state index contributed by atoms with van der Waals surface area (Å²) in [5.74, 6) is -0.290. The zero-order valence-corrected chi connectivity index (χ0v) is 10.4. The van der Waals surface area contributed by atoms with Crippen molar-refractivity contribution in [1.29, 1.82) is 0 Å². The molecule has 1 aromatic rings. The fourth-order valence-electron chi connectivity index (χ4n) is 1.31. The van der Waals surface area contributed by atoms with E-state index in [4.69, 9.17) is 5.73 Å². The number of ether oxygens (including phenoxy) is 1. The molecule has 2 N–H and O–H groups in total. The molecule has 2 nitrogen and oxygen atoms in total. The molecule has 0 aliphatic rings. The van der Waals surface area contributed by atoms with Gasteiger partial charge >= 0.3 is 6.36 Å². The Hall–Kier alpha value is -1.01. The Morgan fingerprint density at radius 3 is 2.59 bits per heavy atom. The van der Waals surface area contributed by atoms with E-state index in [0.29, 0.717) is 16.5 Å². The minimum Gasteiger partial charge on any atom is -0.406 e. The number of nitrogens with two attached hydrogens (primary N) is 1. The fourth-order valence-corrected chi connectivity index (χ4v) is 1.80. The zero-order chi connectivity index (χ0) is 13.1. The molecule has 1 rings (SSSR count). The third kappa shape index (κ3) is 4.79. The lowest BCUT2D eigenvalue weighted by Gasteiger charge is -2.14. The highest BCUT2D eigenvalue weighted by Gasteiger charge is 2.31. The number of alkyl halides is 3. The first-order chi connectivity index (χ1) is 7.81. The average molecular weight is 310 g/mol. The lowest BCUT2D eigenvalue weighted by molar-refractivity contribution is -0.274. The molecule has 0 bridgehead atoms. The van der Waals surface area contributed by atoms with E-state index in [2.05, 4.69) is 27.2 Å². The van der Waals surface area contributed by atoms with Crippen molar-refractivity contribution < 1.29 is 17.9 Å². The van der Waals surface area contributed by atoms with Crippen LogP contribution in [0.25, 0.3) is 0 Å². The maximum atomic E-state index is 12.1. The highest BCUT2D eigenvalue weighted by Crippen LogP contribution is 2.29. The van der Waals surface area contributed by atoms with Crippen LogP contribution in [0.15, 0.2) is 35.3 Å². The van der Waals surface area contributed by atoms with Crippen molar-refractivity contribution in [2.45, 2.75) is 18.8 Å². The first-order valence-corrected chi connectivity index (χ1v) is 5.54. The van der Waals surface area contributed by atoms with Crippen LogP contribution in [0.3, 0.4) is 0 Å². The molecule has 0 saturated carbocycles. The van der Waals surface area contributed by atoms with E-state index in [1.165, 1.54) is 12.1 Å². The maximum Gasteiger partial charge on any atom is 0.573 e. The van der Waals surface area contributed by atoms with Crippen molar-refractivity contribution in [3.63, 3.8) is 0 Å². The molecule has 0 amide bonds. The van der Waals surface area contributed by atoms with E-state index < -0.39 is 12.4 Å². The summed E-state index contributed by atoms with van der Waals surface area (Å²) in [4.78, 5) is 0. The molecule has 0 heterocycles. The van der Waals surface area contributed by atoms with E-state index in [0.717, 1.165) is 0 Å². The topological polar surface area (TPSA) is 35.2 Å². The van der Waals surface area contributed by atoms with Crippen molar-refractivity contribution in [2.75, 3.05) is 0 Å². The van der Waals surface area contributed by atoms with E-state index in [-0.39, 0.29) is 5.75 Å². The second-order valence-corrected chi connectivity index (χ2v) is 4.31. The molecule has 0 aliphatic heterocycles. The number of hydrogen-bond donors (Lipinski definition) is 1. The molecular weight excluding hydrogens is 299 g/mol. The molecule has 1 atom stereocenters. The average Bonchev–Trinajstić information content (AvgIpc) is 2.14. The van der Waals surface area contributed by atoms with Crippen LogP contribution < -0.4 is 10.5 Å². The summed E-state index contributed by atoms with van der Waals surface area (Å²) >= 11 is 3.11.